The number of hydrogen-bond acceptors (Lipinski definition) is 9. The van der Waals surface area contributed by atoms with Crippen molar-refractivity contribution in [1.29, 1.82) is 0 Å². The Hall–Kier alpha value is -2.63. The van der Waals surface area contributed by atoms with Gasteiger partial charge in [-0.25, -0.2) is 22.8 Å². The number of ketones is 1. The second-order valence-electron chi connectivity index (χ2n) is 11.6. The van der Waals surface area contributed by atoms with Crippen LogP contribution in [0.2, 0.25) is 0 Å². The van der Waals surface area contributed by atoms with E-state index in [2.05, 4.69) is 20.2 Å². The molecule has 3 atom stereocenters. The summed E-state index contributed by atoms with van der Waals surface area (Å²) in [6.07, 6.45) is 3.89. The van der Waals surface area contributed by atoms with Crippen molar-refractivity contribution in [1.82, 2.24) is 14.9 Å². The zero-order chi connectivity index (χ0) is 27.2. The molecule has 0 amide bonds. The van der Waals surface area contributed by atoms with Crippen LogP contribution in [0.5, 0.6) is 5.88 Å². The number of aromatic nitrogens is 2. The molecule has 38 heavy (non-hydrogen) atoms. The highest BCUT2D eigenvalue weighted by atomic mass is 32.2. The van der Waals surface area contributed by atoms with Crippen LogP contribution in [0.25, 0.3) is 0 Å². The molecule has 2 bridgehead atoms. The van der Waals surface area contributed by atoms with Crippen molar-refractivity contribution >= 4 is 27.1 Å². The molecule has 1 aliphatic carbocycles. The zero-order valence-corrected chi connectivity index (χ0v) is 23.1. The number of sulfone groups is 1. The molecule has 5 rings (SSSR count). The van der Waals surface area contributed by atoms with Crippen molar-refractivity contribution in [2.75, 3.05) is 25.1 Å². The second kappa shape index (κ2) is 10.2. The highest BCUT2D eigenvalue weighted by Gasteiger charge is 2.42. The normalized spacial score (nSPS) is 24.2. The van der Waals surface area contributed by atoms with Crippen molar-refractivity contribution < 1.29 is 27.1 Å². The number of hydrogen-bond donors (Lipinski definition) is 1. The van der Waals surface area contributed by atoms with E-state index in [0.717, 1.165) is 6.07 Å². The predicted octanol–water partition coefficient (Wildman–Crippen LogP) is 3.83. The number of carbonyl (C=O) groups is 1. The van der Waals surface area contributed by atoms with Gasteiger partial charge in [-0.2, -0.15) is 0 Å². The van der Waals surface area contributed by atoms with E-state index in [9.17, 15) is 17.6 Å². The maximum Gasteiger partial charge on any atom is 0.221 e. The van der Waals surface area contributed by atoms with Gasteiger partial charge >= 0.3 is 0 Å². The van der Waals surface area contributed by atoms with Crippen LogP contribution >= 0.6 is 0 Å². The standard InChI is InChI=1S/C27H35FN4O5S/c1-16-25(31-23-8-7-21(11-22(23)28)38(34,35)20-5-6-20)29-15-30-26(16)37-19-9-17-13-36-14-18(10-19)32(17)12-24(33)27(2,3)4/h7-8,11,15,17-20H,5-6,9-10,12-14H2,1-4H3,(H,29,30,31)/t17-,18?,19?/m1/s1. The first-order valence-corrected chi connectivity index (χ1v) is 14.6. The SMILES string of the molecule is Cc1c(Nc2ccc(S(=O)(=O)C3CC3)cc2F)ncnc1OC1CC2COC[C@@H](C1)N2CC(=O)C(C)(C)C. The molecule has 3 fully saturated rings. The molecule has 3 heterocycles. The van der Waals surface area contributed by atoms with Crippen LogP contribution in [0.3, 0.4) is 0 Å². The van der Waals surface area contributed by atoms with Gasteiger partial charge in [-0.05, 0) is 38.0 Å². The molecule has 2 saturated heterocycles. The molecule has 1 saturated carbocycles. The number of nitrogens with zero attached hydrogens (tertiary/aromatic N) is 3. The molecule has 206 valence electrons. The summed E-state index contributed by atoms with van der Waals surface area (Å²) in [6.45, 7) is 9.13. The lowest BCUT2D eigenvalue weighted by Gasteiger charge is -2.48. The van der Waals surface area contributed by atoms with Crippen molar-refractivity contribution in [3.8, 4) is 5.88 Å². The van der Waals surface area contributed by atoms with Gasteiger partial charge in [0, 0.05) is 30.3 Å². The number of rotatable bonds is 8. The molecule has 1 N–H and O–H groups in total. The van der Waals surface area contributed by atoms with Crippen LogP contribution < -0.4 is 10.1 Å². The van der Waals surface area contributed by atoms with E-state index < -0.39 is 26.3 Å². The van der Waals surface area contributed by atoms with Crippen LogP contribution in [0, 0.1) is 18.2 Å². The molecule has 1 aromatic carbocycles. The van der Waals surface area contributed by atoms with E-state index in [0.29, 0.717) is 62.7 Å². The average molecular weight is 547 g/mol. The number of anilines is 2. The molecule has 1 aromatic heterocycles. The summed E-state index contributed by atoms with van der Waals surface area (Å²) >= 11 is 0. The third-order valence-corrected chi connectivity index (χ3v) is 9.85. The first-order chi connectivity index (χ1) is 17.9. The quantitative estimate of drug-likeness (QED) is 0.528. The van der Waals surface area contributed by atoms with Crippen LogP contribution in [0.15, 0.2) is 29.4 Å². The number of nitrogens with one attached hydrogen (secondary N) is 1. The minimum atomic E-state index is -3.48. The third-order valence-electron chi connectivity index (χ3n) is 7.59. The number of Topliss-reactive ketones (excluding diaryl/α,β-unsaturated/α-hetero) is 1. The number of benzene rings is 1. The first kappa shape index (κ1) is 27.0. The van der Waals surface area contributed by atoms with E-state index in [1.165, 1.54) is 18.5 Å². The summed E-state index contributed by atoms with van der Waals surface area (Å²) in [5, 5.41) is 2.56. The number of fused-ring (bicyclic) bond motifs is 2. The van der Waals surface area contributed by atoms with Gasteiger partial charge in [-0.3, -0.25) is 9.69 Å². The Morgan fingerprint density at radius 1 is 1.18 bits per heavy atom. The maximum absolute atomic E-state index is 14.8. The molecular weight excluding hydrogens is 511 g/mol. The van der Waals surface area contributed by atoms with E-state index in [1.807, 2.05) is 20.8 Å². The topological polar surface area (TPSA) is 111 Å². The van der Waals surface area contributed by atoms with Gasteiger partial charge < -0.3 is 14.8 Å². The van der Waals surface area contributed by atoms with Gasteiger partial charge in [0.1, 0.15) is 24.1 Å². The highest BCUT2D eigenvalue weighted by molar-refractivity contribution is 7.92. The van der Waals surface area contributed by atoms with Crippen LogP contribution in [0.1, 0.15) is 52.0 Å². The fourth-order valence-corrected chi connectivity index (χ4v) is 6.67. The molecular formula is C27H35FN4O5S. The van der Waals surface area contributed by atoms with E-state index >= 15 is 0 Å². The molecule has 11 heteroatoms. The fraction of sp³-hybridized carbons (Fsp3) is 0.593. The third kappa shape index (κ3) is 5.55. The van der Waals surface area contributed by atoms with Gasteiger partial charge in [-0.1, -0.05) is 20.8 Å². The van der Waals surface area contributed by atoms with Gasteiger partial charge in [0.25, 0.3) is 0 Å². The summed E-state index contributed by atoms with van der Waals surface area (Å²) in [7, 11) is -3.48. The Balaban J connectivity index is 1.27. The van der Waals surface area contributed by atoms with E-state index in [1.54, 1.807) is 6.92 Å². The number of ether oxygens (including phenoxy) is 2. The first-order valence-electron chi connectivity index (χ1n) is 13.1. The number of halogens is 1. The monoisotopic (exact) mass is 546 g/mol. The Morgan fingerprint density at radius 2 is 1.87 bits per heavy atom. The van der Waals surface area contributed by atoms with Gasteiger partial charge in [0.05, 0.1) is 41.2 Å². The summed E-state index contributed by atoms with van der Waals surface area (Å²) in [5.41, 5.74) is 0.347. The molecule has 2 aromatic rings. The van der Waals surface area contributed by atoms with Crippen molar-refractivity contribution in [2.24, 2.45) is 5.41 Å². The van der Waals surface area contributed by atoms with Crippen molar-refractivity contribution in [2.45, 2.75) is 81.7 Å². The molecule has 9 nitrogen and oxygen atoms in total. The number of carbonyl (C=O) groups excluding carboxylic acids is 1. The van der Waals surface area contributed by atoms with Gasteiger partial charge in [0.15, 0.2) is 15.6 Å². The summed E-state index contributed by atoms with van der Waals surface area (Å²) in [6, 6.07) is 4.06. The molecule has 0 radical (unpaired) electrons. The highest BCUT2D eigenvalue weighted by Crippen LogP contribution is 2.36. The van der Waals surface area contributed by atoms with Crippen LogP contribution in [-0.4, -0.2) is 72.3 Å². The summed E-state index contributed by atoms with van der Waals surface area (Å²) in [5.74, 6) is 0.321. The Kier molecular flexibility index (Phi) is 7.21. The van der Waals surface area contributed by atoms with Gasteiger partial charge in [-0.15, -0.1) is 0 Å². The minimum absolute atomic E-state index is 0.00319. The lowest BCUT2D eigenvalue weighted by Crippen LogP contribution is -2.60. The van der Waals surface area contributed by atoms with Crippen LogP contribution in [0.4, 0.5) is 15.9 Å². The van der Waals surface area contributed by atoms with Crippen LogP contribution in [-0.2, 0) is 19.4 Å². The average Bonchev–Trinajstić information content (AvgIpc) is 3.69. The molecule has 2 unspecified atom stereocenters. The molecule has 3 aliphatic rings. The predicted molar refractivity (Wildman–Crippen MR) is 140 cm³/mol. The summed E-state index contributed by atoms with van der Waals surface area (Å²) in [4.78, 5) is 23.5. The largest absolute Gasteiger partial charge is 0.474 e. The van der Waals surface area contributed by atoms with Crippen molar-refractivity contribution in [3.63, 3.8) is 0 Å². The lowest BCUT2D eigenvalue weighted by atomic mass is 9.87. The minimum Gasteiger partial charge on any atom is -0.474 e. The van der Waals surface area contributed by atoms with E-state index in [4.69, 9.17) is 9.47 Å². The smallest absolute Gasteiger partial charge is 0.221 e. The Morgan fingerprint density at radius 3 is 2.47 bits per heavy atom. The number of morpholine rings is 1. The zero-order valence-electron chi connectivity index (χ0n) is 22.2. The van der Waals surface area contributed by atoms with Gasteiger partial charge in [0.2, 0.25) is 5.88 Å². The van der Waals surface area contributed by atoms with Crippen molar-refractivity contribution in [3.05, 3.63) is 35.9 Å². The maximum atomic E-state index is 14.8. The molecule has 2 aliphatic heterocycles. The Labute approximate surface area is 223 Å². The van der Waals surface area contributed by atoms with E-state index in [-0.39, 0.29) is 34.6 Å². The fourth-order valence-electron chi connectivity index (χ4n) is 5.01. The lowest BCUT2D eigenvalue weighted by molar-refractivity contribution is -0.138. The Bertz CT molecular complexity index is 1310. The molecule has 0 spiro atoms. The second-order valence-corrected chi connectivity index (χ2v) is 13.8. The summed E-state index contributed by atoms with van der Waals surface area (Å²) < 4.78 is 51.8. The number of piperidine rings is 1.